The maximum atomic E-state index is 9.22. The molecule has 0 aliphatic rings. The molecule has 0 fully saturated rings. The minimum absolute atomic E-state index is 0.615. The topological polar surface area (TPSA) is 70.9 Å². The van der Waals surface area contributed by atoms with Gasteiger partial charge in [0.25, 0.3) is 0 Å². The number of aromatic nitrogens is 2. The maximum Gasteiger partial charge on any atom is 0.138 e. The first-order valence-electron chi connectivity index (χ1n) is 13.3. The lowest BCUT2D eigenvalue weighted by atomic mass is 9.99. The number of nitriles is 1. The Morgan fingerprint density at radius 2 is 0.902 bits per heavy atom. The molecule has 0 spiro atoms. The summed E-state index contributed by atoms with van der Waals surface area (Å²) in [4.78, 5) is 8.60. The van der Waals surface area contributed by atoms with Gasteiger partial charge in [-0.3, -0.25) is 0 Å². The van der Waals surface area contributed by atoms with Crippen LogP contribution in [0, 0.1) is 11.3 Å². The van der Waals surface area contributed by atoms with E-state index >= 15 is 0 Å². The smallest absolute Gasteiger partial charge is 0.138 e. The average molecular weight is 534 g/mol. The van der Waals surface area contributed by atoms with Crippen molar-refractivity contribution in [2.75, 3.05) is 14.2 Å². The minimum atomic E-state index is 0.615. The van der Waals surface area contributed by atoms with Crippen LogP contribution in [0.2, 0.25) is 0 Å². The van der Waals surface area contributed by atoms with Crippen LogP contribution in [-0.4, -0.2) is 24.2 Å². The van der Waals surface area contributed by atoms with Crippen molar-refractivity contribution in [1.82, 2.24) is 9.97 Å². The summed E-state index contributed by atoms with van der Waals surface area (Å²) in [6.45, 7) is 0. The van der Waals surface area contributed by atoms with Gasteiger partial charge in [0.15, 0.2) is 0 Å². The van der Waals surface area contributed by atoms with Crippen LogP contribution in [0.4, 0.5) is 0 Å². The number of H-pyrrole nitrogens is 1. The first kappa shape index (κ1) is 25.7. The first-order valence-corrected chi connectivity index (χ1v) is 13.3. The molecule has 0 saturated carbocycles. The molecule has 0 radical (unpaired) electrons. The number of nitrogens with one attached hydrogen (secondary N) is 1. The third-order valence-corrected chi connectivity index (χ3v) is 7.17. The standard InChI is InChI=1S/C36H27N3O2/c1-40-32-19-15-27(16-20-32)25-7-11-29(12-8-25)34-35(39-36(38-34)31-5-3-24(23-37)4-6-31)30-13-9-26(10-14-30)28-17-21-33(41-2)22-18-28/h3-22H,1-2H3,(H,38,39). The molecule has 0 saturated heterocycles. The Balaban J connectivity index is 1.38. The molecule has 0 aliphatic heterocycles. The van der Waals surface area contributed by atoms with Gasteiger partial charge in [-0.25, -0.2) is 4.98 Å². The monoisotopic (exact) mass is 533 g/mol. The number of rotatable bonds is 7. The zero-order chi connectivity index (χ0) is 28.2. The highest BCUT2D eigenvalue weighted by molar-refractivity contribution is 5.83. The fraction of sp³-hybridized carbons (Fsp3) is 0.0556. The molecule has 0 atom stereocenters. The molecule has 0 bridgehead atoms. The lowest BCUT2D eigenvalue weighted by Crippen LogP contribution is -1.86. The Hall–Kier alpha value is -5.60. The van der Waals surface area contributed by atoms with Crippen LogP contribution in [0.15, 0.2) is 121 Å². The van der Waals surface area contributed by atoms with Crippen molar-refractivity contribution in [3.8, 4) is 73.7 Å². The molecule has 1 heterocycles. The molecule has 0 amide bonds. The van der Waals surface area contributed by atoms with Gasteiger partial charge >= 0.3 is 0 Å². The molecule has 5 aromatic carbocycles. The molecule has 6 rings (SSSR count). The van der Waals surface area contributed by atoms with Gasteiger partial charge in [-0.2, -0.15) is 5.26 Å². The number of hydrogen-bond acceptors (Lipinski definition) is 4. The van der Waals surface area contributed by atoms with Crippen LogP contribution in [-0.2, 0) is 0 Å². The molecule has 198 valence electrons. The quantitative estimate of drug-likeness (QED) is 0.223. The van der Waals surface area contributed by atoms with Crippen LogP contribution in [0.3, 0.4) is 0 Å². The van der Waals surface area contributed by atoms with Gasteiger partial charge in [-0.15, -0.1) is 0 Å². The number of methoxy groups -OCH3 is 2. The van der Waals surface area contributed by atoms with Gasteiger partial charge in [0.05, 0.1) is 37.2 Å². The van der Waals surface area contributed by atoms with Crippen molar-refractivity contribution in [2.45, 2.75) is 0 Å². The minimum Gasteiger partial charge on any atom is -0.497 e. The summed E-state index contributed by atoms with van der Waals surface area (Å²) in [6.07, 6.45) is 0. The van der Waals surface area contributed by atoms with Crippen molar-refractivity contribution in [1.29, 1.82) is 5.26 Å². The van der Waals surface area contributed by atoms with Gasteiger partial charge < -0.3 is 14.5 Å². The van der Waals surface area contributed by atoms with Crippen LogP contribution >= 0.6 is 0 Å². The Morgan fingerprint density at radius 3 is 1.34 bits per heavy atom. The second kappa shape index (κ2) is 11.3. The normalized spacial score (nSPS) is 10.7. The van der Waals surface area contributed by atoms with Crippen molar-refractivity contribution >= 4 is 0 Å². The summed E-state index contributed by atoms with van der Waals surface area (Å²) in [5.74, 6) is 2.42. The van der Waals surface area contributed by atoms with E-state index in [9.17, 15) is 5.26 Å². The fourth-order valence-electron chi connectivity index (χ4n) is 4.85. The summed E-state index contributed by atoms with van der Waals surface area (Å²) in [7, 11) is 3.34. The molecule has 0 unspecified atom stereocenters. The third-order valence-electron chi connectivity index (χ3n) is 7.17. The number of hydrogen-bond donors (Lipinski definition) is 1. The van der Waals surface area contributed by atoms with Crippen LogP contribution < -0.4 is 9.47 Å². The molecule has 0 aliphatic carbocycles. The number of imidazole rings is 1. The van der Waals surface area contributed by atoms with Crippen LogP contribution in [0.1, 0.15) is 5.56 Å². The van der Waals surface area contributed by atoms with E-state index in [1.54, 1.807) is 14.2 Å². The highest BCUT2D eigenvalue weighted by Crippen LogP contribution is 2.35. The molecule has 1 N–H and O–H groups in total. The third kappa shape index (κ3) is 5.32. The molecular weight excluding hydrogens is 506 g/mol. The van der Waals surface area contributed by atoms with E-state index in [1.807, 2.05) is 48.5 Å². The molecule has 41 heavy (non-hydrogen) atoms. The second-order valence-electron chi connectivity index (χ2n) is 9.61. The Kier molecular flexibility index (Phi) is 7.04. The van der Waals surface area contributed by atoms with E-state index in [0.29, 0.717) is 5.56 Å². The van der Waals surface area contributed by atoms with E-state index in [0.717, 1.165) is 67.7 Å². The second-order valence-corrected chi connectivity index (χ2v) is 9.61. The Bertz CT molecular complexity index is 1700. The predicted molar refractivity (Wildman–Crippen MR) is 164 cm³/mol. The van der Waals surface area contributed by atoms with Crippen molar-refractivity contribution < 1.29 is 9.47 Å². The zero-order valence-corrected chi connectivity index (χ0v) is 22.8. The van der Waals surface area contributed by atoms with E-state index < -0.39 is 0 Å². The molecule has 5 heteroatoms. The maximum absolute atomic E-state index is 9.22. The molecule has 5 nitrogen and oxygen atoms in total. The predicted octanol–water partition coefficient (Wildman–Crippen LogP) is 8.63. The van der Waals surface area contributed by atoms with Gasteiger partial charge in [-0.1, -0.05) is 72.8 Å². The molecule has 6 aromatic rings. The number of nitrogens with zero attached hydrogens (tertiary/aromatic N) is 2. The summed E-state index contributed by atoms with van der Waals surface area (Å²) in [5.41, 5.74) is 9.84. The zero-order valence-electron chi connectivity index (χ0n) is 22.8. The summed E-state index contributed by atoms with van der Waals surface area (Å²) < 4.78 is 10.6. The molecular formula is C36H27N3O2. The van der Waals surface area contributed by atoms with Crippen molar-refractivity contribution in [3.63, 3.8) is 0 Å². The summed E-state index contributed by atoms with van der Waals surface area (Å²) in [5, 5.41) is 9.22. The van der Waals surface area contributed by atoms with E-state index in [2.05, 4.69) is 83.8 Å². The number of benzene rings is 5. The molecule has 1 aromatic heterocycles. The largest absolute Gasteiger partial charge is 0.497 e. The van der Waals surface area contributed by atoms with E-state index in [4.69, 9.17) is 14.5 Å². The Morgan fingerprint density at radius 1 is 0.512 bits per heavy atom. The van der Waals surface area contributed by atoms with Crippen LogP contribution in [0.5, 0.6) is 11.5 Å². The van der Waals surface area contributed by atoms with E-state index in [1.165, 1.54) is 0 Å². The Labute approximate surface area is 239 Å². The average Bonchev–Trinajstić information content (AvgIpc) is 3.51. The first-order chi connectivity index (χ1) is 20.1. The lowest BCUT2D eigenvalue weighted by molar-refractivity contribution is 0.415. The fourth-order valence-corrected chi connectivity index (χ4v) is 4.85. The van der Waals surface area contributed by atoms with Gasteiger partial charge in [-0.05, 0) is 70.8 Å². The SMILES string of the molecule is COc1ccc(-c2ccc(-c3nc(-c4ccc(C#N)cc4)[nH]c3-c3ccc(-c4ccc(OC)cc4)cc3)cc2)cc1. The van der Waals surface area contributed by atoms with Crippen molar-refractivity contribution in [2.24, 2.45) is 0 Å². The summed E-state index contributed by atoms with van der Waals surface area (Å²) >= 11 is 0. The highest BCUT2D eigenvalue weighted by Gasteiger charge is 2.16. The van der Waals surface area contributed by atoms with Crippen molar-refractivity contribution in [3.05, 3.63) is 127 Å². The summed E-state index contributed by atoms with van der Waals surface area (Å²) in [6, 6.07) is 42.7. The van der Waals surface area contributed by atoms with E-state index in [-0.39, 0.29) is 0 Å². The highest BCUT2D eigenvalue weighted by atomic mass is 16.5. The van der Waals surface area contributed by atoms with Gasteiger partial charge in [0.1, 0.15) is 17.3 Å². The van der Waals surface area contributed by atoms with Crippen LogP contribution in [0.25, 0.3) is 56.2 Å². The number of aromatic amines is 1. The number of ether oxygens (including phenoxy) is 2. The van der Waals surface area contributed by atoms with Gasteiger partial charge in [0, 0.05) is 16.7 Å². The lowest BCUT2D eigenvalue weighted by Gasteiger charge is -2.08. The van der Waals surface area contributed by atoms with Gasteiger partial charge in [0.2, 0.25) is 0 Å².